The highest BCUT2D eigenvalue weighted by atomic mass is 15.2. The summed E-state index contributed by atoms with van der Waals surface area (Å²) in [6, 6.07) is 28.7. The van der Waals surface area contributed by atoms with Crippen LogP contribution in [0, 0.1) is 0 Å². The average molecular weight is 386 g/mol. The number of nitrogens with zero attached hydrogens (tertiary/aromatic N) is 3. The van der Waals surface area contributed by atoms with Crippen molar-refractivity contribution in [2.45, 2.75) is 38.4 Å². The third-order valence-electron chi connectivity index (χ3n) is 5.94. The van der Waals surface area contributed by atoms with E-state index in [9.17, 15) is 0 Å². The molecule has 0 N–H and O–H groups in total. The fraction of sp³-hybridized carbons (Fsp3) is 0.346. The van der Waals surface area contributed by atoms with Crippen molar-refractivity contribution in [1.29, 1.82) is 0 Å². The Bertz CT molecular complexity index is 828. The molecule has 2 aromatic carbocycles. The van der Waals surface area contributed by atoms with Crippen LogP contribution in [0.25, 0.3) is 0 Å². The SMILES string of the molecule is c1ccc(CCN(Cc2ccccc2)C2CCN(Cc3ccccn3)CC2)cc1. The second-order valence-corrected chi connectivity index (χ2v) is 8.02. The summed E-state index contributed by atoms with van der Waals surface area (Å²) in [5, 5.41) is 0. The summed E-state index contributed by atoms with van der Waals surface area (Å²) in [6.07, 6.45) is 5.47. The molecule has 1 aromatic heterocycles. The first-order valence-electron chi connectivity index (χ1n) is 10.8. The van der Waals surface area contributed by atoms with Gasteiger partial charge < -0.3 is 0 Å². The molecule has 3 aromatic rings. The van der Waals surface area contributed by atoms with Crippen LogP contribution in [0.2, 0.25) is 0 Å². The maximum Gasteiger partial charge on any atom is 0.0543 e. The zero-order valence-corrected chi connectivity index (χ0v) is 17.2. The molecule has 0 spiro atoms. The molecule has 0 atom stereocenters. The molecule has 1 fully saturated rings. The molecular weight excluding hydrogens is 354 g/mol. The molecule has 1 aliphatic heterocycles. The lowest BCUT2D eigenvalue weighted by atomic mass is 10.0. The van der Waals surface area contributed by atoms with E-state index in [-0.39, 0.29) is 0 Å². The highest BCUT2D eigenvalue weighted by Gasteiger charge is 2.24. The molecule has 4 rings (SSSR count). The molecule has 2 heterocycles. The maximum absolute atomic E-state index is 4.49. The first-order chi connectivity index (χ1) is 14.4. The van der Waals surface area contributed by atoms with Crippen molar-refractivity contribution in [2.24, 2.45) is 0 Å². The van der Waals surface area contributed by atoms with Gasteiger partial charge in [-0.1, -0.05) is 66.7 Å². The van der Waals surface area contributed by atoms with Crippen LogP contribution >= 0.6 is 0 Å². The Morgan fingerprint density at radius 2 is 1.45 bits per heavy atom. The van der Waals surface area contributed by atoms with Crippen LogP contribution in [0.3, 0.4) is 0 Å². The molecule has 1 aliphatic rings. The van der Waals surface area contributed by atoms with E-state index in [4.69, 9.17) is 0 Å². The van der Waals surface area contributed by atoms with Crippen LogP contribution in [0.5, 0.6) is 0 Å². The summed E-state index contributed by atoms with van der Waals surface area (Å²) in [7, 11) is 0. The number of hydrogen-bond donors (Lipinski definition) is 0. The summed E-state index contributed by atoms with van der Waals surface area (Å²) in [4.78, 5) is 9.75. The largest absolute Gasteiger partial charge is 0.297 e. The van der Waals surface area contributed by atoms with Crippen molar-refractivity contribution < 1.29 is 0 Å². The second-order valence-electron chi connectivity index (χ2n) is 8.02. The van der Waals surface area contributed by atoms with Gasteiger partial charge in [0.15, 0.2) is 0 Å². The Labute approximate surface area is 175 Å². The Kier molecular flexibility index (Phi) is 7.06. The van der Waals surface area contributed by atoms with Gasteiger partial charge >= 0.3 is 0 Å². The smallest absolute Gasteiger partial charge is 0.0543 e. The summed E-state index contributed by atoms with van der Waals surface area (Å²) in [6.45, 7) is 5.42. The summed E-state index contributed by atoms with van der Waals surface area (Å²) < 4.78 is 0. The number of hydrogen-bond acceptors (Lipinski definition) is 3. The van der Waals surface area contributed by atoms with Gasteiger partial charge in [0, 0.05) is 45.0 Å². The number of benzene rings is 2. The molecule has 0 amide bonds. The van der Waals surface area contributed by atoms with Crippen molar-refractivity contribution in [3.05, 3.63) is 102 Å². The predicted octanol–water partition coefficient (Wildman–Crippen LogP) is 4.79. The average Bonchev–Trinajstić information content (AvgIpc) is 2.79. The third kappa shape index (κ3) is 5.99. The van der Waals surface area contributed by atoms with Crippen LogP contribution in [0.1, 0.15) is 29.7 Å². The second kappa shape index (κ2) is 10.3. The van der Waals surface area contributed by atoms with Gasteiger partial charge in [-0.05, 0) is 42.5 Å². The van der Waals surface area contributed by atoms with Gasteiger partial charge in [0.05, 0.1) is 5.69 Å². The monoisotopic (exact) mass is 385 g/mol. The van der Waals surface area contributed by atoms with Crippen molar-refractivity contribution in [1.82, 2.24) is 14.8 Å². The zero-order valence-electron chi connectivity index (χ0n) is 17.2. The van der Waals surface area contributed by atoms with Gasteiger partial charge in [0.1, 0.15) is 0 Å². The van der Waals surface area contributed by atoms with Crippen LogP contribution in [0.4, 0.5) is 0 Å². The number of aromatic nitrogens is 1. The molecule has 0 radical (unpaired) electrons. The van der Waals surface area contributed by atoms with E-state index >= 15 is 0 Å². The number of piperidine rings is 1. The molecule has 0 aliphatic carbocycles. The Morgan fingerprint density at radius 3 is 2.10 bits per heavy atom. The van der Waals surface area contributed by atoms with Crippen LogP contribution in [-0.4, -0.2) is 40.5 Å². The number of pyridine rings is 1. The molecule has 150 valence electrons. The van der Waals surface area contributed by atoms with Crippen LogP contribution in [-0.2, 0) is 19.5 Å². The van der Waals surface area contributed by atoms with E-state index in [0.717, 1.165) is 39.1 Å². The van der Waals surface area contributed by atoms with Crippen LogP contribution < -0.4 is 0 Å². The van der Waals surface area contributed by atoms with Gasteiger partial charge in [-0.25, -0.2) is 0 Å². The van der Waals surface area contributed by atoms with Crippen molar-refractivity contribution >= 4 is 0 Å². The molecule has 1 saturated heterocycles. The Morgan fingerprint density at radius 1 is 0.793 bits per heavy atom. The first-order valence-corrected chi connectivity index (χ1v) is 10.8. The first kappa shape index (κ1) is 19.8. The molecule has 0 unspecified atom stereocenters. The predicted molar refractivity (Wildman–Crippen MR) is 120 cm³/mol. The minimum absolute atomic E-state index is 0.652. The highest BCUT2D eigenvalue weighted by Crippen LogP contribution is 2.21. The lowest BCUT2D eigenvalue weighted by Gasteiger charge is -2.38. The van der Waals surface area contributed by atoms with Gasteiger partial charge in [0.2, 0.25) is 0 Å². The Balaban J connectivity index is 1.36. The van der Waals surface area contributed by atoms with Crippen molar-refractivity contribution in [3.63, 3.8) is 0 Å². The molecule has 29 heavy (non-hydrogen) atoms. The number of rotatable bonds is 8. The summed E-state index contributed by atoms with van der Waals surface area (Å²) in [5.41, 5.74) is 4.02. The van der Waals surface area contributed by atoms with E-state index in [1.54, 1.807) is 0 Å². The minimum Gasteiger partial charge on any atom is -0.297 e. The number of likely N-dealkylation sites (tertiary alicyclic amines) is 1. The van der Waals surface area contributed by atoms with Crippen LogP contribution in [0.15, 0.2) is 85.1 Å². The van der Waals surface area contributed by atoms with Gasteiger partial charge in [-0.2, -0.15) is 0 Å². The highest BCUT2D eigenvalue weighted by molar-refractivity contribution is 5.16. The van der Waals surface area contributed by atoms with Gasteiger partial charge in [-0.3, -0.25) is 14.8 Å². The minimum atomic E-state index is 0.652. The normalized spacial score (nSPS) is 15.6. The fourth-order valence-corrected chi connectivity index (χ4v) is 4.29. The molecule has 3 nitrogen and oxygen atoms in total. The summed E-state index contributed by atoms with van der Waals surface area (Å²) in [5.74, 6) is 0. The zero-order chi connectivity index (χ0) is 19.7. The van der Waals surface area contributed by atoms with Crippen molar-refractivity contribution in [3.8, 4) is 0 Å². The van der Waals surface area contributed by atoms with E-state index in [2.05, 4.69) is 87.6 Å². The molecular formula is C26H31N3. The quantitative estimate of drug-likeness (QED) is 0.556. The van der Waals surface area contributed by atoms with Gasteiger partial charge in [0.25, 0.3) is 0 Å². The van der Waals surface area contributed by atoms with Crippen molar-refractivity contribution in [2.75, 3.05) is 19.6 Å². The van der Waals surface area contributed by atoms with Gasteiger partial charge in [-0.15, -0.1) is 0 Å². The summed E-state index contributed by atoms with van der Waals surface area (Å²) >= 11 is 0. The topological polar surface area (TPSA) is 19.4 Å². The standard InChI is InChI=1S/C26H31N3/c1-3-9-23(10-4-1)14-20-29(21-24-11-5-2-6-12-24)26-15-18-28(19-16-26)22-25-13-7-8-17-27-25/h1-13,17,26H,14-16,18-22H2. The maximum atomic E-state index is 4.49. The van der Waals surface area contributed by atoms with E-state index in [1.807, 2.05) is 12.3 Å². The van der Waals surface area contributed by atoms with E-state index in [1.165, 1.54) is 29.7 Å². The third-order valence-corrected chi connectivity index (χ3v) is 5.94. The van der Waals surface area contributed by atoms with E-state index in [0.29, 0.717) is 6.04 Å². The van der Waals surface area contributed by atoms with E-state index < -0.39 is 0 Å². The lowest BCUT2D eigenvalue weighted by molar-refractivity contribution is 0.0991. The Hall–Kier alpha value is -2.49. The lowest BCUT2D eigenvalue weighted by Crippen LogP contribution is -2.45. The fourth-order valence-electron chi connectivity index (χ4n) is 4.29. The molecule has 3 heteroatoms. The molecule has 0 bridgehead atoms. The molecule has 0 saturated carbocycles.